The molecule has 0 spiro atoms. The Bertz CT molecular complexity index is 748. The molecule has 0 bridgehead atoms. The van der Waals surface area contributed by atoms with Crippen LogP contribution in [-0.2, 0) is 4.74 Å². The maximum atomic E-state index is 6.17. The molecule has 0 saturated carbocycles. The zero-order chi connectivity index (χ0) is 18.4. The quantitative estimate of drug-likeness (QED) is 0.831. The van der Waals surface area contributed by atoms with Crippen molar-refractivity contribution in [3.63, 3.8) is 0 Å². The fourth-order valence-electron chi connectivity index (χ4n) is 3.67. The molecule has 0 N–H and O–H groups in total. The van der Waals surface area contributed by atoms with E-state index in [2.05, 4.69) is 75.7 Å². The molecule has 1 fully saturated rings. The van der Waals surface area contributed by atoms with Gasteiger partial charge in [-0.25, -0.2) is 0 Å². The summed E-state index contributed by atoms with van der Waals surface area (Å²) in [4.78, 5) is 2.36. The molecule has 1 aliphatic heterocycles. The van der Waals surface area contributed by atoms with Crippen LogP contribution in [0.1, 0.15) is 57.7 Å². The number of aromatic nitrogens is 2. The first-order chi connectivity index (χ1) is 11.6. The molecule has 0 aliphatic carbocycles. The van der Waals surface area contributed by atoms with Crippen LogP contribution in [0, 0.1) is 13.8 Å². The number of ether oxygens (including phenoxy) is 1. The van der Waals surface area contributed by atoms with Crippen molar-refractivity contribution in [2.24, 2.45) is 0 Å². The van der Waals surface area contributed by atoms with Crippen molar-refractivity contribution >= 4 is 0 Å². The van der Waals surface area contributed by atoms with Crippen LogP contribution >= 0.6 is 0 Å². The van der Waals surface area contributed by atoms with Crippen molar-refractivity contribution < 1.29 is 9.15 Å². The third-order valence-electron chi connectivity index (χ3n) is 4.82. The minimum absolute atomic E-state index is 0.0512. The van der Waals surface area contributed by atoms with Crippen LogP contribution in [0.25, 0.3) is 11.5 Å². The molecule has 1 saturated heterocycles. The van der Waals surface area contributed by atoms with E-state index < -0.39 is 0 Å². The first-order valence-corrected chi connectivity index (χ1v) is 8.92. The molecule has 1 atom stereocenters. The van der Waals surface area contributed by atoms with E-state index in [0.717, 1.165) is 18.7 Å². The number of rotatable bonds is 3. The Kier molecular flexibility index (Phi) is 4.50. The third kappa shape index (κ3) is 3.93. The molecule has 1 unspecified atom stereocenters. The summed E-state index contributed by atoms with van der Waals surface area (Å²) in [6, 6.07) is 6.27. The van der Waals surface area contributed by atoms with Crippen molar-refractivity contribution in [1.29, 1.82) is 0 Å². The number of benzene rings is 1. The highest BCUT2D eigenvalue weighted by Gasteiger charge is 2.40. The molecule has 3 rings (SSSR count). The monoisotopic (exact) mass is 343 g/mol. The highest BCUT2D eigenvalue weighted by atomic mass is 16.5. The molecule has 2 heterocycles. The minimum Gasteiger partial charge on any atom is -0.419 e. The van der Waals surface area contributed by atoms with E-state index in [9.17, 15) is 0 Å². The Balaban J connectivity index is 1.83. The van der Waals surface area contributed by atoms with Gasteiger partial charge >= 0.3 is 0 Å². The summed E-state index contributed by atoms with van der Waals surface area (Å²) in [6.07, 6.45) is 0. The summed E-state index contributed by atoms with van der Waals surface area (Å²) < 4.78 is 12.2. The normalized spacial score (nSPS) is 21.2. The lowest BCUT2D eigenvalue weighted by Gasteiger charge is -2.48. The van der Waals surface area contributed by atoms with E-state index in [1.165, 1.54) is 11.1 Å². The van der Waals surface area contributed by atoms with E-state index >= 15 is 0 Å². The SMILES string of the molecule is Cc1ccc(-c2nnc(C(C)N3CC(C)(C)OC(C)(C)C3)o2)cc1C. The third-order valence-corrected chi connectivity index (χ3v) is 4.82. The van der Waals surface area contributed by atoms with E-state index in [-0.39, 0.29) is 17.2 Å². The molecule has 1 aliphatic rings. The predicted octanol–water partition coefficient (Wildman–Crippen LogP) is 4.30. The Hall–Kier alpha value is -1.72. The first kappa shape index (κ1) is 18.1. The van der Waals surface area contributed by atoms with Crippen molar-refractivity contribution in [2.75, 3.05) is 13.1 Å². The lowest BCUT2D eigenvalue weighted by Crippen LogP contribution is -2.57. The van der Waals surface area contributed by atoms with Crippen LogP contribution in [-0.4, -0.2) is 39.4 Å². The van der Waals surface area contributed by atoms with Gasteiger partial charge in [0.2, 0.25) is 11.8 Å². The summed E-state index contributed by atoms with van der Waals surface area (Å²) in [5.41, 5.74) is 3.05. The van der Waals surface area contributed by atoms with E-state index in [1.54, 1.807) is 0 Å². The van der Waals surface area contributed by atoms with Gasteiger partial charge in [0.25, 0.3) is 0 Å². The average molecular weight is 343 g/mol. The van der Waals surface area contributed by atoms with Crippen LogP contribution in [0.2, 0.25) is 0 Å². The maximum absolute atomic E-state index is 6.17. The summed E-state index contributed by atoms with van der Waals surface area (Å²) in [7, 11) is 0. The summed E-state index contributed by atoms with van der Waals surface area (Å²) in [5.74, 6) is 1.23. The lowest BCUT2D eigenvalue weighted by molar-refractivity contribution is -0.188. The second-order valence-electron chi connectivity index (χ2n) is 8.45. The van der Waals surface area contributed by atoms with Gasteiger partial charge in [-0.15, -0.1) is 10.2 Å². The van der Waals surface area contributed by atoms with Gasteiger partial charge in [-0.1, -0.05) is 6.07 Å². The van der Waals surface area contributed by atoms with E-state index in [1.807, 2.05) is 6.07 Å². The molecular weight excluding hydrogens is 314 g/mol. The lowest BCUT2D eigenvalue weighted by atomic mass is 9.97. The zero-order valence-electron chi connectivity index (χ0n) is 16.4. The van der Waals surface area contributed by atoms with Crippen LogP contribution in [0.15, 0.2) is 22.6 Å². The van der Waals surface area contributed by atoms with Gasteiger partial charge in [-0.3, -0.25) is 4.90 Å². The number of hydrogen-bond donors (Lipinski definition) is 0. The van der Waals surface area contributed by atoms with Gasteiger partial charge in [0.1, 0.15) is 0 Å². The molecule has 2 aromatic rings. The van der Waals surface area contributed by atoms with Crippen LogP contribution in [0.4, 0.5) is 0 Å². The minimum atomic E-state index is -0.201. The molecule has 5 nitrogen and oxygen atoms in total. The van der Waals surface area contributed by atoms with Crippen LogP contribution < -0.4 is 0 Å². The van der Waals surface area contributed by atoms with Gasteiger partial charge in [0.15, 0.2) is 0 Å². The Morgan fingerprint density at radius 2 is 1.64 bits per heavy atom. The van der Waals surface area contributed by atoms with Crippen molar-refractivity contribution in [2.45, 2.75) is 65.7 Å². The summed E-state index contributed by atoms with van der Waals surface area (Å²) >= 11 is 0. The Morgan fingerprint density at radius 1 is 1.00 bits per heavy atom. The van der Waals surface area contributed by atoms with Crippen molar-refractivity contribution in [3.8, 4) is 11.5 Å². The zero-order valence-corrected chi connectivity index (χ0v) is 16.4. The van der Waals surface area contributed by atoms with Crippen molar-refractivity contribution in [1.82, 2.24) is 15.1 Å². The van der Waals surface area contributed by atoms with Crippen LogP contribution in [0.5, 0.6) is 0 Å². The standard InChI is InChI=1S/C20H29N3O2/c1-13-8-9-16(10-14(13)2)18-22-21-17(24-18)15(3)23-11-19(4,5)25-20(6,7)12-23/h8-10,15H,11-12H2,1-7H3. The van der Waals surface area contributed by atoms with Gasteiger partial charge in [0, 0.05) is 18.7 Å². The fraction of sp³-hybridized carbons (Fsp3) is 0.600. The molecule has 0 radical (unpaired) electrons. The Labute approximate surface area is 150 Å². The molecule has 25 heavy (non-hydrogen) atoms. The van der Waals surface area contributed by atoms with Gasteiger partial charge in [-0.2, -0.15) is 0 Å². The molecule has 1 aromatic heterocycles. The van der Waals surface area contributed by atoms with Gasteiger partial charge in [0.05, 0.1) is 17.2 Å². The summed E-state index contributed by atoms with van der Waals surface area (Å²) in [5, 5.41) is 8.59. The predicted molar refractivity (Wildman–Crippen MR) is 98.4 cm³/mol. The molecule has 0 amide bonds. The van der Waals surface area contributed by atoms with Gasteiger partial charge in [-0.05, 0) is 71.7 Å². The first-order valence-electron chi connectivity index (χ1n) is 8.92. The molecular formula is C20H29N3O2. The number of hydrogen-bond acceptors (Lipinski definition) is 5. The highest BCUT2D eigenvalue weighted by Crippen LogP contribution is 2.33. The Morgan fingerprint density at radius 3 is 2.24 bits per heavy atom. The van der Waals surface area contributed by atoms with Crippen molar-refractivity contribution in [3.05, 3.63) is 35.2 Å². The topological polar surface area (TPSA) is 51.4 Å². The maximum Gasteiger partial charge on any atom is 0.247 e. The van der Waals surface area contributed by atoms with E-state index in [4.69, 9.17) is 9.15 Å². The van der Waals surface area contributed by atoms with Crippen LogP contribution in [0.3, 0.4) is 0 Å². The molecule has 1 aromatic carbocycles. The second kappa shape index (κ2) is 6.22. The van der Waals surface area contributed by atoms with E-state index in [0.29, 0.717) is 11.8 Å². The number of nitrogens with zero attached hydrogens (tertiary/aromatic N) is 3. The molecule has 136 valence electrons. The summed E-state index contributed by atoms with van der Waals surface area (Å²) in [6.45, 7) is 16.5. The smallest absolute Gasteiger partial charge is 0.247 e. The number of morpholine rings is 1. The fourth-order valence-corrected chi connectivity index (χ4v) is 3.67. The molecule has 5 heteroatoms. The number of aryl methyl sites for hydroxylation is 2. The highest BCUT2D eigenvalue weighted by molar-refractivity contribution is 5.55. The van der Waals surface area contributed by atoms with Gasteiger partial charge < -0.3 is 9.15 Å². The second-order valence-corrected chi connectivity index (χ2v) is 8.45. The largest absolute Gasteiger partial charge is 0.419 e. The average Bonchev–Trinajstić information content (AvgIpc) is 2.96.